The highest BCUT2D eigenvalue weighted by molar-refractivity contribution is 5.72. The molecule has 0 bridgehead atoms. The van der Waals surface area contributed by atoms with E-state index in [9.17, 15) is 9.59 Å². The molecule has 0 radical (unpaired) electrons. The number of aliphatic hydroxyl groups is 2. The van der Waals surface area contributed by atoms with Crippen LogP contribution in [0.4, 0.5) is 0 Å². The normalized spacial score (nSPS) is 15.4. The van der Waals surface area contributed by atoms with E-state index in [2.05, 4.69) is 4.74 Å². The van der Waals surface area contributed by atoms with E-state index in [4.69, 9.17) is 15.3 Å². The Hall–Kier alpha value is -1.14. The van der Waals surface area contributed by atoms with Crippen molar-refractivity contribution in [2.75, 3.05) is 0 Å². The van der Waals surface area contributed by atoms with Gasteiger partial charge >= 0.3 is 5.97 Å². The summed E-state index contributed by atoms with van der Waals surface area (Å²) in [6, 6.07) is 0. The highest BCUT2D eigenvalue weighted by atomic mass is 16.6. The van der Waals surface area contributed by atoms with Crippen molar-refractivity contribution >= 4 is 12.4 Å². The van der Waals surface area contributed by atoms with Crippen LogP contribution in [0.5, 0.6) is 0 Å². The van der Waals surface area contributed by atoms with Crippen molar-refractivity contribution in [1.82, 2.24) is 0 Å². The van der Waals surface area contributed by atoms with Gasteiger partial charge in [-0.1, -0.05) is 0 Å². The Bertz CT molecular complexity index is 132. The molecule has 0 aromatic heterocycles. The summed E-state index contributed by atoms with van der Waals surface area (Å²) in [5.41, 5.74) is 0. The van der Waals surface area contributed by atoms with Crippen LogP contribution in [0.3, 0.4) is 0 Å². The van der Waals surface area contributed by atoms with Crippen LogP contribution in [0, 0.1) is 0 Å². The van der Waals surface area contributed by atoms with E-state index in [1.165, 1.54) is 0 Å². The fourth-order valence-corrected chi connectivity index (χ4v) is 0.253. The van der Waals surface area contributed by atoms with Gasteiger partial charge in [0, 0.05) is 0 Å². The molecule has 0 spiro atoms. The van der Waals surface area contributed by atoms with Gasteiger partial charge in [0.2, 0.25) is 12.4 Å². The molecule has 0 rings (SSSR count). The summed E-state index contributed by atoms with van der Waals surface area (Å²) in [5, 5.41) is 24.8. The van der Waals surface area contributed by atoms with Gasteiger partial charge in [0.05, 0.1) is 0 Å². The molecule has 0 aromatic rings. The second kappa shape index (κ2) is 3.80. The van der Waals surface area contributed by atoms with Gasteiger partial charge in [-0.25, -0.2) is 4.79 Å². The number of aliphatic hydroxyl groups excluding tert-OH is 2. The molecule has 10 heavy (non-hydrogen) atoms. The van der Waals surface area contributed by atoms with Gasteiger partial charge in [-0.3, -0.25) is 4.79 Å². The van der Waals surface area contributed by atoms with Gasteiger partial charge in [-0.05, 0) is 0 Å². The van der Waals surface area contributed by atoms with Crippen molar-refractivity contribution in [1.29, 1.82) is 0 Å². The van der Waals surface area contributed by atoms with Crippen LogP contribution in [0.15, 0.2) is 0 Å². The highest BCUT2D eigenvalue weighted by Gasteiger charge is 2.24. The first kappa shape index (κ1) is 8.86. The standard InChI is InChI=1S/C4H6O6/c5-1-10-4(9)2(6)3(7)8/h1-2,4,6,9H,(H,7,8)/t2-,4+/m0/s1. The van der Waals surface area contributed by atoms with Gasteiger partial charge in [0.15, 0.2) is 0 Å². The third-order valence-electron chi connectivity index (χ3n) is 0.718. The summed E-state index contributed by atoms with van der Waals surface area (Å²) < 4.78 is 3.71. The van der Waals surface area contributed by atoms with Crippen LogP contribution in [0.25, 0.3) is 0 Å². The van der Waals surface area contributed by atoms with E-state index < -0.39 is 18.4 Å². The van der Waals surface area contributed by atoms with Crippen molar-refractivity contribution in [3.8, 4) is 0 Å². The maximum Gasteiger partial charge on any atom is 0.339 e. The number of hydrogen-bond donors (Lipinski definition) is 3. The second-order valence-corrected chi connectivity index (χ2v) is 1.41. The van der Waals surface area contributed by atoms with Gasteiger partial charge in [0.1, 0.15) is 0 Å². The molecule has 6 heteroatoms. The van der Waals surface area contributed by atoms with E-state index in [0.717, 1.165) is 0 Å². The molecule has 0 aliphatic carbocycles. The number of aliphatic carboxylic acids is 1. The molecule has 2 atom stereocenters. The number of carboxylic acids is 1. The maximum atomic E-state index is 9.81. The minimum atomic E-state index is -2.09. The molecular formula is C4H6O6. The maximum absolute atomic E-state index is 9.81. The second-order valence-electron chi connectivity index (χ2n) is 1.41. The predicted molar refractivity (Wildman–Crippen MR) is 26.8 cm³/mol. The van der Waals surface area contributed by atoms with Crippen molar-refractivity contribution < 1.29 is 29.6 Å². The number of carbonyl (C=O) groups is 2. The molecule has 0 aromatic carbocycles. The summed E-state index contributed by atoms with van der Waals surface area (Å²) in [6.45, 7) is -0.156. The topological polar surface area (TPSA) is 104 Å². The fraction of sp³-hybridized carbons (Fsp3) is 0.500. The summed E-state index contributed by atoms with van der Waals surface area (Å²) in [4.78, 5) is 19.3. The largest absolute Gasteiger partial charge is 0.479 e. The SMILES string of the molecule is O=CO[C@@H](O)[C@@H](O)C(=O)O. The van der Waals surface area contributed by atoms with Crippen molar-refractivity contribution in [3.05, 3.63) is 0 Å². The van der Waals surface area contributed by atoms with E-state index in [0.29, 0.717) is 0 Å². The third-order valence-corrected chi connectivity index (χ3v) is 0.718. The summed E-state index contributed by atoms with van der Waals surface area (Å²) >= 11 is 0. The van der Waals surface area contributed by atoms with Gasteiger partial charge < -0.3 is 20.1 Å². The van der Waals surface area contributed by atoms with Crippen LogP contribution in [0.2, 0.25) is 0 Å². The Morgan fingerprint density at radius 1 is 1.50 bits per heavy atom. The number of rotatable bonds is 4. The van der Waals surface area contributed by atoms with Gasteiger partial charge in [-0.2, -0.15) is 0 Å². The molecule has 0 aliphatic rings. The van der Waals surface area contributed by atoms with Crippen LogP contribution >= 0.6 is 0 Å². The first-order valence-electron chi connectivity index (χ1n) is 2.27. The Morgan fingerprint density at radius 2 is 2.00 bits per heavy atom. The molecule has 0 saturated heterocycles. The molecule has 6 nitrogen and oxygen atoms in total. The van der Waals surface area contributed by atoms with E-state index in [1.54, 1.807) is 0 Å². The third kappa shape index (κ3) is 2.42. The number of hydrogen-bond acceptors (Lipinski definition) is 5. The molecular weight excluding hydrogens is 144 g/mol. The average Bonchev–Trinajstić information content (AvgIpc) is 1.87. The molecule has 0 saturated carbocycles. The van der Waals surface area contributed by atoms with Crippen LogP contribution in [0.1, 0.15) is 0 Å². The number of ether oxygens (including phenoxy) is 1. The molecule has 0 heterocycles. The Balaban J connectivity index is 3.80. The first-order valence-corrected chi connectivity index (χ1v) is 2.27. The highest BCUT2D eigenvalue weighted by Crippen LogP contribution is 1.92. The molecule has 0 amide bonds. The van der Waals surface area contributed by atoms with Crippen molar-refractivity contribution in [2.45, 2.75) is 12.4 Å². The van der Waals surface area contributed by atoms with E-state index in [1.807, 2.05) is 0 Å². The lowest BCUT2D eigenvalue weighted by atomic mass is 10.3. The zero-order valence-corrected chi connectivity index (χ0v) is 4.80. The quantitative estimate of drug-likeness (QED) is 0.314. The molecule has 3 N–H and O–H groups in total. The summed E-state index contributed by atoms with van der Waals surface area (Å²) in [6.07, 6.45) is -4.10. The Labute approximate surface area is 55.7 Å². The molecule has 0 unspecified atom stereocenters. The average molecular weight is 150 g/mol. The molecule has 58 valence electrons. The van der Waals surface area contributed by atoms with E-state index in [-0.39, 0.29) is 6.47 Å². The van der Waals surface area contributed by atoms with Gasteiger partial charge in [0.25, 0.3) is 6.47 Å². The summed E-state index contributed by atoms with van der Waals surface area (Å²) in [7, 11) is 0. The van der Waals surface area contributed by atoms with Crippen molar-refractivity contribution in [3.63, 3.8) is 0 Å². The predicted octanol–water partition coefficient (Wildman–Crippen LogP) is -2.08. The van der Waals surface area contributed by atoms with Gasteiger partial charge in [-0.15, -0.1) is 0 Å². The van der Waals surface area contributed by atoms with E-state index >= 15 is 0 Å². The lowest BCUT2D eigenvalue weighted by Crippen LogP contribution is -2.35. The molecule has 0 aliphatic heterocycles. The van der Waals surface area contributed by atoms with Crippen LogP contribution in [-0.2, 0) is 14.3 Å². The lowest BCUT2D eigenvalue weighted by molar-refractivity contribution is -0.185. The Morgan fingerprint density at radius 3 is 2.30 bits per heavy atom. The fourth-order valence-electron chi connectivity index (χ4n) is 0.253. The minimum Gasteiger partial charge on any atom is -0.479 e. The summed E-state index contributed by atoms with van der Waals surface area (Å²) in [5.74, 6) is -1.66. The zero-order chi connectivity index (χ0) is 8.15. The zero-order valence-electron chi connectivity index (χ0n) is 4.80. The minimum absolute atomic E-state index is 0.156. The number of carbonyl (C=O) groups excluding carboxylic acids is 1. The Kier molecular flexibility index (Phi) is 3.37. The number of carboxylic acid groups (broad SMARTS) is 1. The van der Waals surface area contributed by atoms with Crippen molar-refractivity contribution in [2.24, 2.45) is 0 Å². The van der Waals surface area contributed by atoms with Crippen LogP contribution in [-0.4, -0.2) is 40.2 Å². The smallest absolute Gasteiger partial charge is 0.339 e. The lowest BCUT2D eigenvalue weighted by Gasteiger charge is -2.10. The van der Waals surface area contributed by atoms with Crippen LogP contribution < -0.4 is 0 Å². The monoisotopic (exact) mass is 150 g/mol. The molecule has 0 fully saturated rings. The first-order chi connectivity index (χ1) is 4.59.